The Morgan fingerprint density at radius 3 is 2.79 bits per heavy atom. The zero-order chi connectivity index (χ0) is 20.9. The number of aryl methyl sites for hydroxylation is 1. The lowest BCUT2D eigenvalue weighted by atomic mass is 9.84. The Morgan fingerprint density at radius 2 is 2.14 bits per heavy atom. The van der Waals surface area contributed by atoms with Crippen molar-refractivity contribution in [2.75, 3.05) is 0 Å². The van der Waals surface area contributed by atoms with E-state index in [1.807, 2.05) is 13.0 Å². The van der Waals surface area contributed by atoms with Crippen molar-refractivity contribution in [1.29, 1.82) is 0 Å². The van der Waals surface area contributed by atoms with Gasteiger partial charge in [-0.05, 0) is 37.8 Å². The number of aliphatic hydroxyl groups is 1. The second-order valence-electron chi connectivity index (χ2n) is 7.92. The van der Waals surface area contributed by atoms with E-state index in [2.05, 4.69) is 4.98 Å². The van der Waals surface area contributed by atoms with Gasteiger partial charge in [-0.2, -0.15) is 0 Å². The van der Waals surface area contributed by atoms with Crippen molar-refractivity contribution < 1.29 is 14.7 Å². The molecule has 154 valence electrons. The van der Waals surface area contributed by atoms with Gasteiger partial charge in [0.2, 0.25) is 5.91 Å². The highest BCUT2D eigenvalue weighted by atomic mass is 35.5. The second kappa shape index (κ2) is 7.74. The van der Waals surface area contributed by atoms with E-state index in [9.17, 15) is 14.7 Å². The molecule has 0 bridgehead atoms. The van der Waals surface area contributed by atoms with Crippen LogP contribution < -0.4 is 5.73 Å². The number of amides is 2. The average Bonchev–Trinajstić information content (AvgIpc) is 3.26. The third kappa shape index (κ3) is 3.37. The summed E-state index contributed by atoms with van der Waals surface area (Å²) < 4.78 is 0. The molecule has 0 aromatic carbocycles. The highest BCUT2D eigenvalue weighted by Gasteiger charge is 2.44. The molecule has 1 aromatic rings. The summed E-state index contributed by atoms with van der Waals surface area (Å²) in [6.45, 7) is 1.93. The number of nitrogens with two attached hydrogens (primary N) is 1. The highest BCUT2D eigenvalue weighted by Crippen LogP contribution is 2.44. The van der Waals surface area contributed by atoms with E-state index in [1.54, 1.807) is 11.0 Å². The fraction of sp³-hybridized carbons (Fsp3) is 0.476. The number of hydrogen-bond donors (Lipinski definition) is 2. The molecule has 2 unspecified atom stereocenters. The molecule has 2 heterocycles. The summed E-state index contributed by atoms with van der Waals surface area (Å²) in [5.41, 5.74) is 8.77. The minimum absolute atomic E-state index is 0.166. The highest BCUT2D eigenvalue weighted by molar-refractivity contribution is 6.35. The molecule has 2 amide bonds. The lowest BCUT2D eigenvalue weighted by molar-refractivity contribution is -0.122. The molecule has 6 nitrogen and oxygen atoms in total. The number of halogens is 2. The van der Waals surface area contributed by atoms with Gasteiger partial charge in [-0.3, -0.25) is 14.6 Å². The predicted molar refractivity (Wildman–Crippen MR) is 110 cm³/mol. The van der Waals surface area contributed by atoms with Crippen LogP contribution in [0.4, 0.5) is 0 Å². The maximum absolute atomic E-state index is 13.5. The first-order valence-corrected chi connectivity index (χ1v) is 10.5. The Balaban J connectivity index is 1.80. The van der Waals surface area contributed by atoms with Gasteiger partial charge in [0.05, 0.1) is 30.3 Å². The van der Waals surface area contributed by atoms with Crippen molar-refractivity contribution in [1.82, 2.24) is 9.88 Å². The van der Waals surface area contributed by atoms with Crippen molar-refractivity contribution in [2.24, 2.45) is 11.7 Å². The van der Waals surface area contributed by atoms with Crippen LogP contribution in [-0.2, 0) is 17.9 Å². The standard InChI is InChI=1S/C21H23Cl2N3O3/c1-10-14(9-27)18(12-6-5-11(22)7-15(12)23)19-16(25-10)8-26(21(19)29)17-4-2-3-13(17)20(24)28/h5,7,12-13,17,27H,2-4,6,8-9H2,1H3,(H2,24,28)/t12?,13-,17?/m1/s1. The maximum Gasteiger partial charge on any atom is 0.256 e. The molecule has 1 saturated carbocycles. The summed E-state index contributed by atoms with van der Waals surface area (Å²) >= 11 is 12.6. The largest absolute Gasteiger partial charge is 0.392 e. The number of allylic oxidation sites excluding steroid dienone is 4. The molecule has 0 spiro atoms. The van der Waals surface area contributed by atoms with E-state index in [0.717, 1.165) is 18.4 Å². The monoisotopic (exact) mass is 435 g/mol. The fourth-order valence-electron chi connectivity index (χ4n) is 4.94. The van der Waals surface area contributed by atoms with E-state index < -0.39 is 0 Å². The fourth-order valence-corrected chi connectivity index (χ4v) is 5.52. The summed E-state index contributed by atoms with van der Waals surface area (Å²) in [5.74, 6) is -1.14. The summed E-state index contributed by atoms with van der Waals surface area (Å²) in [6.07, 6.45) is 6.38. The van der Waals surface area contributed by atoms with E-state index in [0.29, 0.717) is 52.0 Å². The molecule has 1 aromatic heterocycles. The number of carbonyl (C=O) groups is 2. The Kier molecular flexibility index (Phi) is 5.44. The van der Waals surface area contributed by atoms with E-state index in [1.165, 1.54) is 0 Å². The Bertz CT molecular complexity index is 957. The normalized spacial score (nSPS) is 26.4. The zero-order valence-electron chi connectivity index (χ0n) is 16.1. The molecule has 3 aliphatic rings. The van der Waals surface area contributed by atoms with Crippen LogP contribution in [0.5, 0.6) is 0 Å². The van der Waals surface area contributed by atoms with Crippen molar-refractivity contribution in [3.63, 3.8) is 0 Å². The molecule has 4 rings (SSSR count). The minimum Gasteiger partial charge on any atom is -0.392 e. The smallest absolute Gasteiger partial charge is 0.256 e. The van der Waals surface area contributed by atoms with E-state index >= 15 is 0 Å². The van der Waals surface area contributed by atoms with Crippen LogP contribution in [0.3, 0.4) is 0 Å². The van der Waals surface area contributed by atoms with Gasteiger partial charge < -0.3 is 15.7 Å². The molecular formula is C21H23Cl2N3O3. The molecule has 0 saturated heterocycles. The van der Waals surface area contributed by atoms with E-state index in [-0.39, 0.29) is 36.3 Å². The first-order valence-electron chi connectivity index (χ1n) is 9.79. The Hall–Kier alpha value is -1.89. The first kappa shape index (κ1) is 20.4. The summed E-state index contributed by atoms with van der Waals surface area (Å²) in [7, 11) is 0. The number of primary amides is 1. The quantitative estimate of drug-likeness (QED) is 0.758. The van der Waals surface area contributed by atoms with Crippen molar-refractivity contribution in [2.45, 2.75) is 57.7 Å². The Labute approximate surface area is 179 Å². The topological polar surface area (TPSA) is 96.5 Å². The summed E-state index contributed by atoms with van der Waals surface area (Å²) in [5, 5.41) is 11.1. The van der Waals surface area contributed by atoms with Crippen LogP contribution in [0.1, 0.15) is 64.5 Å². The van der Waals surface area contributed by atoms with Gasteiger partial charge in [0.1, 0.15) is 0 Å². The number of rotatable bonds is 4. The maximum atomic E-state index is 13.5. The number of pyridine rings is 1. The third-order valence-corrected chi connectivity index (χ3v) is 6.96. The average molecular weight is 436 g/mol. The van der Waals surface area contributed by atoms with E-state index in [4.69, 9.17) is 28.9 Å². The lowest BCUT2D eigenvalue weighted by Crippen LogP contribution is -2.42. The second-order valence-corrected chi connectivity index (χ2v) is 8.79. The number of nitrogens with zero attached hydrogens (tertiary/aromatic N) is 2. The van der Waals surface area contributed by atoms with Gasteiger partial charge in [-0.1, -0.05) is 35.7 Å². The van der Waals surface area contributed by atoms with Gasteiger partial charge in [-0.15, -0.1) is 0 Å². The lowest BCUT2D eigenvalue weighted by Gasteiger charge is -2.28. The van der Waals surface area contributed by atoms with Crippen LogP contribution in [0.25, 0.3) is 0 Å². The molecule has 3 atom stereocenters. The molecule has 1 aliphatic heterocycles. The molecule has 1 fully saturated rings. The molecule has 2 aliphatic carbocycles. The number of carbonyl (C=O) groups excluding carboxylic acids is 2. The van der Waals surface area contributed by atoms with Crippen molar-refractivity contribution >= 4 is 35.0 Å². The number of hydrogen-bond acceptors (Lipinski definition) is 4. The summed E-state index contributed by atoms with van der Waals surface area (Å²) in [4.78, 5) is 31.7. The van der Waals surface area contributed by atoms with Crippen LogP contribution in [-0.4, -0.2) is 32.8 Å². The van der Waals surface area contributed by atoms with Gasteiger partial charge in [-0.25, -0.2) is 0 Å². The molecule has 0 radical (unpaired) electrons. The molecule has 8 heteroatoms. The van der Waals surface area contributed by atoms with Crippen molar-refractivity contribution in [3.8, 4) is 0 Å². The summed E-state index contributed by atoms with van der Waals surface area (Å²) in [6, 6.07) is -0.216. The van der Waals surface area contributed by atoms with Gasteiger partial charge in [0.25, 0.3) is 5.91 Å². The first-order chi connectivity index (χ1) is 13.8. The van der Waals surface area contributed by atoms with Crippen LogP contribution >= 0.6 is 23.2 Å². The van der Waals surface area contributed by atoms with Gasteiger partial charge >= 0.3 is 0 Å². The Morgan fingerprint density at radius 1 is 1.38 bits per heavy atom. The molecule has 29 heavy (non-hydrogen) atoms. The van der Waals surface area contributed by atoms with Crippen LogP contribution in [0, 0.1) is 12.8 Å². The number of aliphatic hydroxyl groups excluding tert-OH is 1. The van der Waals surface area contributed by atoms with Crippen molar-refractivity contribution in [3.05, 3.63) is 50.3 Å². The predicted octanol–water partition coefficient (Wildman–Crippen LogP) is 3.22. The SMILES string of the molecule is Cc1nc2c(c(C3CC=C(Cl)C=C3Cl)c1CO)C(=O)N(C1CCC[C@H]1C(N)=O)C2. The zero-order valence-corrected chi connectivity index (χ0v) is 17.6. The van der Waals surface area contributed by atoms with Gasteiger partial charge in [0, 0.05) is 33.3 Å². The molecular weight excluding hydrogens is 413 g/mol. The minimum atomic E-state index is -0.366. The number of aromatic nitrogens is 1. The van der Waals surface area contributed by atoms with Crippen LogP contribution in [0.2, 0.25) is 0 Å². The number of fused-ring (bicyclic) bond motifs is 1. The molecule has 3 N–H and O–H groups in total. The van der Waals surface area contributed by atoms with Gasteiger partial charge in [0.15, 0.2) is 0 Å². The third-order valence-electron chi connectivity index (χ3n) is 6.33. The van der Waals surface area contributed by atoms with Crippen LogP contribution in [0.15, 0.2) is 22.2 Å².